The van der Waals surface area contributed by atoms with Gasteiger partial charge in [0.15, 0.2) is 5.69 Å². The van der Waals surface area contributed by atoms with Gasteiger partial charge in [0.1, 0.15) is 6.61 Å². The third-order valence-electron chi connectivity index (χ3n) is 5.73. The molecule has 2 N–H and O–H groups in total. The van der Waals surface area contributed by atoms with Crippen LogP contribution in [0.3, 0.4) is 0 Å². The summed E-state index contributed by atoms with van der Waals surface area (Å²) in [6.07, 6.45) is -0.389. The Bertz CT molecular complexity index is 1470. The Labute approximate surface area is 218 Å². The molecule has 0 saturated carbocycles. The first-order valence-corrected chi connectivity index (χ1v) is 12.1. The topological polar surface area (TPSA) is 104 Å². The predicted molar refractivity (Wildman–Crippen MR) is 143 cm³/mol. The van der Waals surface area contributed by atoms with Gasteiger partial charge < -0.3 is 15.2 Å². The molecular weight excluding hydrogens is 494 g/mol. The zero-order valence-corrected chi connectivity index (χ0v) is 21.0. The number of carbonyl (C=O) groups is 2. The molecule has 9 heteroatoms. The Hall–Kier alpha value is -4.14. The Morgan fingerprint density at radius 1 is 0.946 bits per heavy atom. The summed E-state index contributed by atoms with van der Waals surface area (Å²) in [6, 6.07) is 22.9. The third kappa shape index (κ3) is 5.66. The van der Waals surface area contributed by atoms with Crippen LogP contribution in [0.2, 0.25) is 5.02 Å². The second-order valence-corrected chi connectivity index (χ2v) is 8.67. The zero-order valence-electron chi connectivity index (χ0n) is 20.2. The standard InChI is InChI=1S/C28H26ClN3O5/c1-31(28(35)37-18-19-9-4-2-5-10-19)32-25(27(34)36-16-8-15-30)24(20-11-6-3-7-12-20)23-17-21(29)13-14-22(23)26(32)33/h2-7,9-14,17H,8,15-16,18,30H2,1H3. The molecular formula is C28H26ClN3O5. The molecule has 1 aromatic heterocycles. The highest BCUT2D eigenvalue weighted by atomic mass is 35.5. The summed E-state index contributed by atoms with van der Waals surface area (Å²) in [5.41, 5.74) is 6.65. The summed E-state index contributed by atoms with van der Waals surface area (Å²) in [6.45, 7) is 0.363. The fourth-order valence-electron chi connectivity index (χ4n) is 3.94. The number of hydrogen-bond donors (Lipinski definition) is 1. The van der Waals surface area contributed by atoms with E-state index in [-0.39, 0.29) is 24.3 Å². The van der Waals surface area contributed by atoms with E-state index in [9.17, 15) is 14.4 Å². The highest BCUT2D eigenvalue weighted by molar-refractivity contribution is 6.31. The van der Waals surface area contributed by atoms with Crippen LogP contribution in [0.1, 0.15) is 22.5 Å². The van der Waals surface area contributed by atoms with Crippen molar-refractivity contribution < 1.29 is 19.1 Å². The molecule has 4 aromatic rings. The number of hydrogen-bond acceptors (Lipinski definition) is 6. The average molecular weight is 520 g/mol. The maximum absolute atomic E-state index is 13.7. The Morgan fingerprint density at radius 2 is 1.62 bits per heavy atom. The number of pyridine rings is 1. The maximum atomic E-state index is 13.7. The van der Waals surface area contributed by atoms with Crippen LogP contribution in [-0.2, 0) is 16.1 Å². The number of rotatable bonds is 8. The average Bonchev–Trinajstić information content (AvgIpc) is 2.92. The van der Waals surface area contributed by atoms with Crippen LogP contribution in [0.15, 0.2) is 83.7 Å². The monoisotopic (exact) mass is 519 g/mol. The second-order valence-electron chi connectivity index (χ2n) is 8.24. The molecule has 0 radical (unpaired) electrons. The summed E-state index contributed by atoms with van der Waals surface area (Å²) in [5, 5.41) is 2.09. The van der Waals surface area contributed by atoms with Crippen molar-refractivity contribution in [3.63, 3.8) is 0 Å². The molecule has 0 aliphatic heterocycles. The summed E-state index contributed by atoms with van der Waals surface area (Å²) >= 11 is 6.29. The minimum atomic E-state index is -0.825. The van der Waals surface area contributed by atoms with Crippen molar-refractivity contribution in [3.8, 4) is 11.1 Å². The molecule has 37 heavy (non-hydrogen) atoms. The molecule has 0 spiro atoms. The summed E-state index contributed by atoms with van der Waals surface area (Å²) < 4.78 is 11.9. The minimum Gasteiger partial charge on any atom is -0.461 e. The number of ether oxygens (including phenoxy) is 2. The number of halogens is 1. The molecule has 0 unspecified atom stereocenters. The lowest BCUT2D eigenvalue weighted by Gasteiger charge is -2.25. The second kappa shape index (κ2) is 11.7. The van der Waals surface area contributed by atoms with Gasteiger partial charge in [-0.2, -0.15) is 0 Å². The first-order valence-electron chi connectivity index (χ1n) is 11.7. The molecule has 0 bridgehead atoms. The summed E-state index contributed by atoms with van der Waals surface area (Å²) in [4.78, 5) is 40.3. The first-order chi connectivity index (χ1) is 17.9. The van der Waals surface area contributed by atoms with E-state index < -0.39 is 17.6 Å². The number of amides is 1. The molecule has 0 aliphatic carbocycles. The zero-order chi connectivity index (χ0) is 26.4. The van der Waals surface area contributed by atoms with Gasteiger partial charge in [-0.25, -0.2) is 19.3 Å². The Balaban J connectivity index is 1.91. The number of nitrogens with zero attached hydrogens (tertiary/aromatic N) is 2. The highest BCUT2D eigenvalue weighted by Gasteiger charge is 2.29. The lowest BCUT2D eigenvalue weighted by molar-refractivity contribution is 0.0489. The lowest BCUT2D eigenvalue weighted by atomic mass is 9.97. The van der Waals surface area contributed by atoms with Crippen molar-refractivity contribution in [1.82, 2.24) is 4.68 Å². The lowest BCUT2D eigenvalue weighted by Crippen LogP contribution is -2.46. The summed E-state index contributed by atoms with van der Waals surface area (Å²) in [7, 11) is 1.36. The molecule has 0 fully saturated rings. The molecule has 4 rings (SSSR count). The largest absolute Gasteiger partial charge is 0.461 e. The normalized spacial score (nSPS) is 10.8. The van der Waals surface area contributed by atoms with Crippen molar-refractivity contribution in [2.75, 3.05) is 25.2 Å². The number of esters is 1. The van der Waals surface area contributed by atoms with E-state index in [0.29, 0.717) is 34.5 Å². The van der Waals surface area contributed by atoms with E-state index in [4.69, 9.17) is 26.8 Å². The maximum Gasteiger partial charge on any atom is 0.429 e. The molecule has 1 amide bonds. The smallest absolute Gasteiger partial charge is 0.429 e. The van der Waals surface area contributed by atoms with Crippen LogP contribution in [0, 0.1) is 0 Å². The van der Waals surface area contributed by atoms with E-state index in [1.54, 1.807) is 30.3 Å². The molecule has 0 saturated heterocycles. The van der Waals surface area contributed by atoms with Gasteiger partial charge in [0.05, 0.1) is 6.61 Å². The van der Waals surface area contributed by atoms with Crippen molar-refractivity contribution in [1.29, 1.82) is 0 Å². The van der Waals surface area contributed by atoms with Crippen LogP contribution in [-0.4, -0.2) is 36.9 Å². The number of carbonyl (C=O) groups excluding carboxylic acids is 2. The van der Waals surface area contributed by atoms with E-state index in [0.717, 1.165) is 15.2 Å². The molecule has 0 aliphatic rings. The molecule has 190 valence electrons. The predicted octanol–water partition coefficient (Wildman–Crippen LogP) is 4.73. The molecule has 3 aromatic carbocycles. The van der Waals surface area contributed by atoms with Crippen molar-refractivity contribution in [3.05, 3.63) is 105 Å². The van der Waals surface area contributed by atoms with Gasteiger partial charge in [0.2, 0.25) is 0 Å². The Morgan fingerprint density at radius 3 is 2.30 bits per heavy atom. The van der Waals surface area contributed by atoms with E-state index in [2.05, 4.69) is 0 Å². The fraction of sp³-hybridized carbons (Fsp3) is 0.179. The van der Waals surface area contributed by atoms with Crippen LogP contribution in [0.5, 0.6) is 0 Å². The van der Waals surface area contributed by atoms with Crippen molar-refractivity contribution in [2.45, 2.75) is 13.0 Å². The van der Waals surface area contributed by atoms with Crippen LogP contribution in [0.25, 0.3) is 21.9 Å². The Kier molecular flexibility index (Phi) is 8.22. The molecule has 1 heterocycles. The SMILES string of the molecule is CN(C(=O)OCc1ccccc1)n1c(C(=O)OCCCN)c(-c2ccccc2)c2cc(Cl)ccc2c1=O. The van der Waals surface area contributed by atoms with Gasteiger partial charge in [0.25, 0.3) is 5.56 Å². The number of benzene rings is 3. The van der Waals surface area contributed by atoms with E-state index >= 15 is 0 Å². The van der Waals surface area contributed by atoms with Crippen molar-refractivity contribution in [2.24, 2.45) is 5.73 Å². The van der Waals surface area contributed by atoms with Crippen LogP contribution in [0.4, 0.5) is 4.79 Å². The van der Waals surface area contributed by atoms with Gasteiger partial charge in [-0.1, -0.05) is 72.3 Å². The highest BCUT2D eigenvalue weighted by Crippen LogP contribution is 2.33. The quantitative estimate of drug-likeness (QED) is 0.266. The number of aromatic nitrogens is 1. The van der Waals surface area contributed by atoms with E-state index in [1.807, 2.05) is 48.5 Å². The molecule has 8 nitrogen and oxygen atoms in total. The van der Waals surface area contributed by atoms with Crippen LogP contribution >= 0.6 is 11.6 Å². The van der Waals surface area contributed by atoms with Crippen molar-refractivity contribution >= 4 is 34.4 Å². The van der Waals surface area contributed by atoms with Gasteiger partial charge in [0, 0.05) is 23.0 Å². The van der Waals surface area contributed by atoms with Gasteiger partial charge in [-0.05, 0) is 47.7 Å². The minimum absolute atomic E-state index is 0.0101. The van der Waals surface area contributed by atoms with Gasteiger partial charge >= 0.3 is 12.1 Å². The van der Waals surface area contributed by atoms with Gasteiger partial charge in [-0.15, -0.1) is 0 Å². The number of nitrogens with two attached hydrogens (primary N) is 1. The van der Waals surface area contributed by atoms with E-state index in [1.165, 1.54) is 7.05 Å². The fourth-order valence-corrected chi connectivity index (χ4v) is 4.11. The first kappa shape index (κ1) is 25.9. The van der Waals surface area contributed by atoms with Crippen LogP contribution < -0.4 is 16.3 Å². The number of fused-ring (bicyclic) bond motifs is 1. The van der Waals surface area contributed by atoms with Gasteiger partial charge in [-0.3, -0.25) is 4.79 Å². The summed E-state index contributed by atoms with van der Waals surface area (Å²) in [5.74, 6) is -0.783. The third-order valence-corrected chi connectivity index (χ3v) is 5.96. The molecule has 0 atom stereocenters.